The molecule has 2 aliphatic heterocycles. The van der Waals surface area contributed by atoms with Crippen molar-refractivity contribution in [1.82, 2.24) is 49.7 Å². The van der Waals surface area contributed by atoms with E-state index in [0.717, 1.165) is 53.4 Å². The number of ether oxygens (including phenoxy) is 2. The van der Waals surface area contributed by atoms with Crippen LogP contribution in [0.3, 0.4) is 0 Å². The maximum absolute atomic E-state index is 14.5. The predicted molar refractivity (Wildman–Crippen MR) is 257 cm³/mol. The Labute approximate surface area is 406 Å². The van der Waals surface area contributed by atoms with Crippen LogP contribution in [0.5, 0.6) is 0 Å². The molecule has 1 amide bonds. The highest BCUT2D eigenvalue weighted by atomic mass is 35.5. The first-order valence-electron chi connectivity index (χ1n) is 21.9. The fourth-order valence-electron chi connectivity index (χ4n) is 7.45. The van der Waals surface area contributed by atoms with Crippen molar-refractivity contribution < 1.29 is 50.5 Å². The van der Waals surface area contributed by atoms with Crippen LogP contribution in [0.15, 0.2) is 53.8 Å². The van der Waals surface area contributed by atoms with Gasteiger partial charge >= 0.3 is 5.97 Å². The van der Waals surface area contributed by atoms with Gasteiger partial charge < -0.3 is 29.8 Å². The molecule has 6 aromatic rings. The lowest BCUT2D eigenvalue weighted by Crippen LogP contribution is -2.32. The van der Waals surface area contributed by atoms with Crippen LogP contribution in [0.4, 0.5) is 26.3 Å². The summed E-state index contributed by atoms with van der Waals surface area (Å²) >= 11 is 6.28. The largest absolute Gasteiger partial charge is 0.476 e. The molecule has 3 N–H and O–H groups in total. The van der Waals surface area contributed by atoms with Crippen molar-refractivity contribution in [2.75, 3.05) is 26.3 Å². The fraction of sp³-hybridized carbons (Fsp3) is 0.467. The number of carboxylic acids is 1. The van der Waals surface area contributed by atoms with Crippen LogP contribution >= 0.6 is 11.6 Å². The highest BCUT2D eigenvalue weighted by molar-refractivity contribution is 6.76. The Morgan fingerprint density at radius 3 is 1.90 bits per heavy atom. The molecule has 2 aliphatic rings. The Morgan fingerprint density at radius 2 is 1.34 bits per heavy atom. The van der Waals surface area contributed by atoms with Crippen molar-refractivity contribution in [2.24, 2.45) is 0 Å². The molecule has 25 heteroatoms. The zero-order valence-corrected chi connectivity index (χ0v) is 41.5. The van der Waals surface area contributed by atoms with Gasteiger partial charge in [-0.25, -0.2) is 55.5 Å². The fourth-order valence-corrected chi connectivity index (χ4v) is 9.18. The minimum atomic E-state index is -1.40. The Bertz CT molecular complexity index is 2840. The number of carboxylic acid groups (broad SMARTS) is 1. The lowest BCUT2D eigenvalue weighted by molar-refractivity contribution is 0.0672. The Hall–Kier alpha value is -5.54. The van der Waals surface area contributed by atoms with E-state index < -0.39 is 81.3 Å². The first-order chi connectivity index (χ1) is 32.5. The zero-order valence-electron chi connectivity index (χ0n) is 38.7. The Morgan fingerprint density at radius 1 is 0.786 bits per heavy atom. The summed E-state index contributed by atoms with van der Waals surface area (Å²) in [4.78, 5) is 52.0. The van der Waals surface area contributed by atoms with Gasteiger partial charge in [0.2, 0.25) is 0 Å². The molecule has 380 valence electrons. The molecule has 8 rings (SSSR count). The number of hydrogen-bond acceptors (Lipinski definition) is 11. The number of fused-ring (bicyclic) bond motifs is 2. The van der Waals surface area contributed by atoms with E-state index in [1.165, 1.54) is 22.0 Å². The summed E-state index contributed by atoms with van der Waals surface area (Å²) in [5.41, 5.74) is -0.298. The molecular weight excluding hydrogens is 982 g/mol. The smallest absolute Gasteiger partial charge is 0.357 e. The second kappa shape index (κ2) is 23.6. The number of likely N-dealkylation sites (tertiary alicyclic amines) is 1. The summed E-state index contributed by atoms with van der Waals surface area (Å²) in [6.07, 6.45) is 0.146. The lowest BCUT2D eigenvalue weighted by atomic mass is 10.0. The van der Waals surface area contributed by atoms with Crippen molar-refractivity contribution >= 4 is 61.7 Å². The zero-order chi connectivity index (χ0) is 50.4. The number of alkyl halides is 2. The van der Waals surface area contributed by atoms with Crippen LogP contribution in [-0.4, -0.2) is 116 Å². The second-order valence-electron chi connectivity index (χ2n) is 18.9. The molecule has 0 spiro atoms. The molecule has 16 nitrogen and oxygen atoms in total. The summed E-state index contributed by atoms with van der Waals surface area (Å²) in [6, 6.07) is 6.70. The molecule has 4 atom stereocenters. The van der Waals surface area contributed by atoms with E-state index in [9.17, 15) is 40.7 Å². The number of rotatable bonds is 14. The van der Waals surface area contributed by atoms with Crippen molar-refractivity contribution in [2.45, 2.75) is 110 Å². The first-order valence-corrected chi connectivity index (χ1v) is 29.7. The summed E-state index contributed by atoms with van der Waals surface area (Å²) in [5.74, 6) is -4.31. The Kier molecular flexibility index (Phi) is 18.7. The molecule has 70 heavy (non-hydrogen) atoms. The van der Waals surface area contributed by atoms with Crippen molar-refractivity contribution in [3.8, 4) is 0 Å². The van der Waals surface area contributed by atoms with Gasteiger partial charge in [0.1, 0.15) is 65.9 Å². The molecule has 4 aromatic heterocycles. The number of carbonyl (C=O) groups is 2. The van der Waals surface area contributed by atoms with Crippen LogP contribution in [-0.2, 0) is 22.9 Å². The standard InChI is InChI=1S/C22H25ClF3N5O2Si.C12H18N4O4Si.C10H10F3N.CH4/c1-34(2,3)7-6-33-12-31-21-18(20(23)27-11-28-21)19(29-31)22(32)30-10-14(25)9-17(30)15-8-13(24)4-5-16(15)26;1-21(2,3)5-4-20-7-16-10-8(9(15-16)12(18)19)11(17)14-6-13-10;11-6-1-2-9(13)8(3-6)10-4-7(12)5-14-10;/h4-5,8,11,14,17H,6-7,9-10,12H2,1-3H3;6H,4-5,7H2,1-3H3,(H,18,19)(H,13,14,17);1-3,7,10,14H,4-5H2;1H4/t14-,17+;;7-,10+;/m0.0./s1. The highest BCUT2D eigenvalue weighted by Gasteiger charge is 2.40. The molecule has 0 bridgehead atoms. The van der Waals surface area contributed by atoms with Gasteiger partial charge in [-0.3, -0.25) is 9.59 Å². The average molecular weight is 1040 g/mol. The van der Waals surface area contributed by atoms with Gasteiger partial charge in [0.15, 0.2) is 22.7 Å². The number of nitrogens with one attached hydrogen (secondary N) is 2. The van der Waals surface area contributed by atoms with Crippen LogP contribution in [0.25, 0.3) is 22.1 Å². The number of amides is 1. The normalized spacial score (nSPS) is 18.0. The third kappa shape index (κ3) is 14.1. The summed E-state index contributed by atoms with van der Waals surface area (Å²) in [6.45, 7) is 14.5. The number of carbonyl (C=O) groups excluding carboxylic acids is 1. The number of aromatic carboxylic acids is 1. The summed E-state index contributed by atoms with van der Waals surface area (Å²) < 4.78 is 95.5. The second-order valence-corrected chi connectivity index (χ2v) is 30.5. The molecule has 0 saturated carbocycles. The van der Waals surface area contributed by atoms with Gasteiger partial charge in [-0.05, 0) is 54.9 Å². The van der Waals surface area contributed by atoms with Crippen molar-refractivity contribution in [3.05, 3.63) is 110 Å². The number of aromatic amines is 1. The van der Waals surface area contributed by atoms with Crippen molar-refractivity contribution in [1.29, 1.82) is 0 Å². The number of benzene rings is 2. The minimum Gasteiger partial charge on any atom is -0.476 e. The van der Waals surface area contributed by atoms with Gasteiger partial charge in [-0.15, -0.1) is 0 Å². The predicted octanol–water partition coefficient (Wildman–Crippen LogP) is 9.10. The molecule has 2 fully saturated rings. The van der Waals surface area contributed by atoms with E-state index in [1.54, 1.807) is 0 Å². The Balaban J connectivity index is 0.000000215. The third-order valence-corrected chi connectivity index (χ3v) is 14.8. The van der Waals surface area contributed by atoms with E-state index in [0.29, 0.717) is 18.9 Å². The first kappa shape index (κ1) is 55.4. The number of hydrogen-bond donors (Lipinski definition) is 3. The van der Waals surface area contributed by atoms with Crippen LogP contribution in [0.2, 0.25) is 56.5 Å². The quantitative estimate of drug-likeness (QED) is 0.0406. The van der Waals surface area contributed by atoms with E-state index in [1.807, 2.05) is 0 Å². The number of halogens is 7. The van der Waals surface area contributed by atoms with Gasteiger partial charge in [-0.2, -0.15) is 10.2 Å². The summed E-state index contributed by atoms with van der Waals surface area (Å²) in [5, 5.41) is 20.4. The van der Waals surface area contributed by atoms with Gasteiger partial charge in [0, 0.05) is 59.5 Å². The molecule has 0 aliphatic carbocycles. The third-order valence-electron chi connectivity index (χ3n) is 11.1. The molecule has 6 heterocycles. The monoisotopic (exact) mass is 1040 g/mol. The van der Waals surface area contributed by atoms with Crippen LogP contribution in [0, 0.1) is 23.3 Å². The van der Waals surface area contributed by atoms with E-state index >= 15 is 0 Å². The van der Waals surface area contributed by atoms with Gasteiger partial charge in [-0.1, -0.05) is 58.3 Å². The molecule has 0 unspecified atom stereocenters. The number of nitrogens with zero attached hydrogens (tertiary/aromatic N) is 8. The number of aromatic nitrogens is 8. The van der Waals surface area contributed by atoms with Crippen molar-refractivity contribution in [3.63, 3.8) is 0 Å². The number of H-pyrrole nitrogens is 1. The maximum Gasteiger partial charge on any atom is 0.357 e. The molecular formula is C45H57ClF6N10O6Si2. The average Bonchev–Trinajstić information content (AvgIpc) is 4.07. The minimum absolute atomic E-state index is 0. The highest BCUT2D eigenvalue weighted by Crippen LogP contribution is 2.37. The summed E-state index contributed by atoms with van der Waals surface area (Å²) in [7, 11) is -2.49. The SMILES string of the molecule is C.C[Si](C)(C)CCOCn1nc(C(=O)N2C[C@@H](F)C[C@@H]2c2cc(F)ccc2F)c2c(Cl)ncnc21.C[Si](C)(C)CCOCn1nc(C(=O)O)c2c(=O)[nH]cnc21.Fc1ccc(F)c([C@H]2C[C@H](F)CN2)c1. The van der Waals surface area contributed by atoms with E-state index in [2.05, 4.69) is 74.7 Å². The van der Waals surface area contributed by atoms with E-state index in [-0.39, 0.29) is 90.9 Å². The molecule has 2 saturated heterocycles. The van der Waals surface area contributed by atoms with Crippen LogP contribution < -0.4 is 10.9 Å². The lowest BCUT2D eigenvalue weighted by Gasteiger charge is -2.24. The van der Waals surface area contributed by atoms with E-state index in [4.69, 9.17) is 26.2 Å². The molecule has 0 radical (unpaired) electrons. The molecule has 2 aromatic carbocycles. The van der Waals surface area contributed by atoms with Gasteiger partial charge in [0.05, 0.1) is 24.3 Å². The topological polar surface area (TPSA) is 195 Å². The van der Waals surface area contributed by atoms with Crippen LogP contribution in [0.1, 0.15) is 64.5 Å². The van der Waals surface area contributed by atoms with Gasteiger partial charge in [0.25, 0.3) is 11.5 Å². The maximum atomic E-state index is 14.5.